The van der Waals surface area contributed by atoms with Crippen molar-refractivity contribution in [1.29, 1.82) is 5.26 Å². The van der Waals surface area contributed by atoms with Gasteiger partial charge in [0.15, 0.2) is 0 Å². The van der Waals surface area contributed by atoms with Gasteiger partial charge in [-0.05, 0) is 37.8 Å². The van der Waals surface area contributed by atoms with Gasteiger partial charge in [-0.25, -0.2) is 0 Å². The summed E-state index contributed by atoms with van der Waals surface area (Å²) in [5.41, 5.74) is 10.4. The number of piperidine rings is 1. The van der Waals surface area contributed by atoms with Crippen LogP contribution in [0.15, 0.2) is 30.3 Å². The fourth-order valence-corrected chi connectivity index (χ4v) is 3.64. The second kappa shape index (κ2) is 6.47. The van der Waals surface area contributed by atoms with Gasteiger partial charge in [-0.1, -0.05) is 30.3 Å². The quantitative estimate of drug-likeness (QED) is 0.945. The van der Waals surface area contributed by atoms with Crippen molar-refractivity contribution in [3.8, 4) is 6.07 Å². The van der Waals surface area contributed by atoms with Crippen LogP contribution in [0, 0.1) is 25.2 Å². The fourth-order valence-electron chi connectivity index (χ4n) is 3.64. The van der Waals surface area contributed by atoms with Crippen LogP contribution in [-0.2, 0) is 6.54 Å². The van der Waals surface area contributed by atoms with E-state index in [-0.39, 0.29) is 0 Å². The van der Waals surface area contributed by atoms with E-state index in [4.69, 9.17) is 5.73 Å². The van der Waals surface area contributed by atoms with Crippen LogP contribution in [0.2, 0.25) is 0 Å². The summed E-state index contributed by atoms with van der Waals surface area (Å²) in [6.45, 7) is 7.21. The van der Waals surface area contributed by atoms with E-state index in [1.165, 1.54) is 5.56 Å². The molecule has 0 radical (unpaired) electrons. The highest BCUT2D eigenvalue weighted by Crippen LogP contribution is 2.32. The minimum absolute atomic E-state index is 0.405. The molecular weight excluding hydrogens is 284 g/mol. The number of aromatic nitrogens is 1. The third-order valence-corrected chi connectivity index (χ3v) is 5.08. The van der Waals surface area contributed by atoms with Crippen molar-refractivity contribution in [2.24, 2.45) is 0 Å². The Morgan fingerprint density at radius 3 is 2.39 bits per heavy atom. The molecule has 1 aliphatic rings. The van der Waals surface area contributed by atoms with Gasteiger partial charge in [0.25, 0.3) is 0 Å². The number of nitrogens with zero attached hydrogens (tertiary/aromatic N) is 3. The first-order valence-electron chi connectivity index (χ1n) is 8.25. The first kappa shape index (κ1) is 15.6. The van der Waals surface area contributed by atoms with Gasteiger partial charge in [0.2, 0.25) is 0 Å². The van der Waals surface area contributed by atoms with E-state index in [1.54, 1.807) is 0 Å². The number of nitrogen functional groups attached to an aromatic ring is 1. The second-order valence-corrected chi connectivity index (χ2v) is 6.45. The fraction of sp³-hybridized carbons (Fsp3) is 0.421. The molecule has 0 amide bonds. The van der Waals surface area contributed by atoms with Crippen LogP contribution in [0.1, 0.15) is 41.3 Å². The molecule has 1 fully saturated rings. The highest BCUT2D eigenvalue weighted by Gasteiger charge is 2.25. The lowest BCUT2D eigenvalue weighted by Gasteiger charge is -2.34. The molecule has 0 atom stereocenters. The van der Waals surface area contributed by atoms with Crippen LogP contribution in [0.4, 0.5) is 5.82 Å². The lowest BCUT2D eigenvalue weighted by molar-refractivity contribution is 0.180. The molecule has 2 heterocycles. The Morgan fingerprint density at radius 2 is 1.83 bits per heavy atom. The van der Waals surface area contributed by atoms with Gasteiger partial charge in [-0.2, -0.15) is 5.26 Å². The first-order chi connectivity index (χ1) is 11.1. The third-order valence-electron chi connectivity index (χ3n) is 5.08. The topological polar surface area (TPSA) is 58.0 Å². The standard InChI is InChI=1S/C19H24N4/c1-14-15(2)23(19(21)18(14)12-20)17-8-10-22(11-9-17)13-16-6-4-3-5-7-16/h3-7,17H,8-11,13,21H2,1-2H3. The molecule has 4 nitrogen and oxygen atoms in total. The number of nitriles is 1. The molecule has 1 aliphatic heterocycles. The largest absolute Gasteiger partial charge is 0.384 e. The normalized spacial score (nSPS) is 16.4. The maximum Gasteiger partial charge on any atom is 0.122 e. The molecule has 1 saturated heterocycles. The predicted molar refractivity (Wildman–Crippen MR) is 93.0 cm³/mol. The Bertz CT molecular complexity index is 716. The van der Waals surface area contributed by atoms with Crippen LogP contribution in [0.5, 0.6) is 0 Å². The lowest BCUT2D eigenvalue weighted by atomic mass is 10.0. The van der Waals surface area contributed by atoms with Crippen molar-refractivity contribution in [1.82, 2.24) is 9.47 Å². The number of hydrogen-bond acceptors (Lipinski definition) is 3. The van der Waals surface area contributed by atoms with Crippen LogP contribution in [-0.4, -0.2) is 22.6 Å². The highest BCUT2D eigenvalue weighted by atomic mass is 15.2. The molecule has 2 aromatic rings. The van der Waals surface area contributed by atoms with Crippen molar-refractivity contribution in [3.05, 3.63) is 52.7 Å². The maximum absolute atomic E-state index is 9.29. The van der Waals surface area contributed by atoms with Gasteiger partial charge in [-0.15, -0.1) is 0 Å². The Hall–Kier alpha value is -2.25. The number of rotatable bonds is 3. The number of anilines is 1. The molecule has 0 saturated carbocycles. The molecule has 0 unspecified atom stereocenters. The van der Waals surface area contributed by atoms with Gasteiger partial charge in [0.05, 0.1) is 5.56 Å². The summed E-state index contributed by atoms with van der Waals surface area (Å²) < 4.78 is 2.19. The van der Waals surface area contributed by atoms with E-state index in [9.17, 15) is 5.26 Å². The molecule has 1 aromatic carbocycles. The Morgan fingerprint density at radius 1 is 1.17 bits per heavy atom. The number of hydrogen-bond donors (Lipinski definition) is 1. The average molecular weight is 308 g/mol. The summed E-state index contributed by atoms with van der Waals surface area (Å²) in [5, 5.41) is 9.29. The van der Waals surface area contributed by atoms with Crippen LogP contribution in [0.25, 0.3) is 0 Å². The highest BCUT2D eigenvalue weighted by molar-refractivity contribution is 5.58. The van der Waals surface area contributed by atoms with E-state index in [0.29, 0.717) is 17.4 Å². The van der Waals surface area contributed by atoms with E-state index in [1.807, 2.05) is 6.92 Å². The molecular formula is C19H24N4. The summed E-state index contributed by atoms with van der Waals surface area (Å²) in [5.74, 6) is 0.643. The minimum atomic E-state index is 0.405. The third kappa shape index (κ3) is 2.97. The van der Waals surface area contributed by atoms with Crippen LogP contribution >= 0.6 is 0 Å². The van der Waals surface area contributed by atoms with Crippen molar-refractivity contribution in [3.63, 3.8) is 0 Å². The van der Waals surface area contributed by atoms with Crippen molar-refractivity contribution in [2.45, 2.75) is 39.3 Å². The van der Waals surface area contributed by atoms with E-state index in [0.717, 1.165) is 43.7 Å². The summed E-state index contributed by atoms with van der Waals surface area (Å²) in [6.07, 6.45) is 2.16. The van der Waals surface area contributed by atoms with Gasteiger partial charge in [-0.3, -0.25) is 4.90 Å². The molecule has 0 aliphatic carbocycles. The monoisotopic (exact) mass is 308 g/mol. The van der Waals surface area contributed by atoms with Gasteiger partial charge in [0, 0.05) is 31.4 Å². The van der Waals surface area contributed by atoms with E-state index >= 15 is 0 Å². The molecule has 23 heavy (non-hydrogen) atoms. The zero-order chi connectivity index (χ0) is 16.4. The first-order valence-corrected chi connectivity index (χ1v) is 8.25. The maximum atomic E-state index is 9.29. The SMILES string of the molecule is Cc1c(C#N)c(N)n(C2CCN(Cc3ccccc3)CC2)c1C. The summed E-state index contributed by atoms with van der Waals surface area (Å²) >= 11 is 0. The summed E-state index contributed by atoms with van der Waals surface area (Å²) in [7, 11) is 0. The second-order valence-electron chi connectivity index (χ2n) is 6.45. The minimum Gasteiger partial charge on any atom is -0.384 e. The van der Waals surface area contributed by atoms with Gasteiger partial charge >= 0.3 is 0 Å². The summed E-state index contributed by atoms with van der Waals surface area (Å²) in [6, 6.07) is 13.3. The molecule has 2 N–H and O–H groups in total. The number of benzene rings is 1. The predicted octanol–water partition coefficient (Wildman–Crippen LogP) is 3.40. The number of likely N-dealkylation sites (tertiary alicyclic amines) is 1. The Labute approximate surface area is 138 Å². The van der Waals surface area contributed by atoms with Gasteiger partial charge < -0.3 is 10.3 Å². The van der Waals surface area contributed by atoms with Crippen molar-refractivity contribution < 1.29 is 0 Å². The van der Waals surface area contributed by atoms with Crippen LogP contribution in [0.3, 0.4) is 0 Å². The van der Waals surface area contributed by atoms with Crippen LogP contribution < -0.4 is 5.73 Å². The number of nitrogens with two attached hydrogens (primary N) is 1. The van der Waals surface area contributed by atoms with Crippen molar-refractivity contribution in [2.75, 3.05) is 18.8 Å². The molecule has 3 rings (SSSR count). The zero-order valence-corrected chi connectivity index (χ0v) is 13.9. The molecule has 4 heteroatoms. The van der Waals surface area contributed by atoms with E-state index in [2.05, 4.69) is 52.8 Å². The Kier molecular flexibility index (Phi) is 4.40. The van der Waals surface area contributed by atoms with Gasteiger partial charge in [0.1, 0.15) is 11.9 Å². The van der Waals surface area contributed by atoms with E-state index < -0.39 is 0 Å². The smallest absolute Gasteiger partial charge is 0.122 e. The lowest BCUT2D eigenvalue weighted by Crippen LogP contribution is -2.34. The summed E-state index contributed by atoms with van der Waals surface area (Å²) in [4.78, 5) is 2.50. The molecule has 1 aromatic heterocycles. The zero-order valence-electron chi connectivity index (χ0n) is 13.9. The molecule has 0 bridgehead atoms. The molecule has 0 spiro atoms. The average Bonchev–Trinajstić information content (AvgIpc) is 2.79. The Balaban J connectivity index is 1.69. The van der Waals surface area contributed by atoms with Crippen molar-refractivity contribution >= 4 is 5.82 Å². The molecule has 120 valence electrons.